The van der Waals surface area contributed by atoms with Gasteiger partial charge in [0.1, 0.15) is 11.0 Å². The molecule has 3 heterocycles. The summed E-state index contributed by atoms with van der Waals surface area (Å²) >= 11 is 19.4. The van der Waals surface area contributed by atoms with E-state index in [4.69, 9.17) is 44.9 Å². The Bertz CT molecular complexity index is 1260. The second kappa shape index (κ2) is 7.27. The first-order valence-electron chi connectivity index (χ1n) is 9.17. The van der Waals surface area contributed by atoms with Crippen LogP contribution < -0.4 is 0 Å². The maximum Gasteiger partial charge on any atom is 0.164 e. The topological polar surface area (TPSA) is 33.4 Å². The number of aryl methyl sites for hydroxylation is 1. The lowest BCUT2D eigenvalue weighted by Crippen LogP contribution is -2.38. The highest BCUT2D eigenvalue weighted by Gasteiger charge is 2.41. The van der Waals surface area contributed by atoms with Crippen LogP contribution in [-0.2, 0) is 0 Å². The molecular weight excluding hydrogens is 446 g/mol. The lowest BCUT2D eigenvalue weighted by Gasteiger charge is -2.39. The number of aliphatic imine (C=N–C) groups is 1. The van der Waals surface area contributed by atoms with Gasteiger partial charge in [0.15, 0.2) is 11.7 Å². The molecule has 1 aromatic heterocycles. The van der Waals surface area contributed by atoms with Crippen LogP contribution in [-0.4, -0.2) is 20.5 Å². The number of allylic oxidation sites excluding steroid dienone is 2. The van der Waals surface area contributed by atoms with E-state index in [-0.39, 0.29) is 16.0 Å². The molecule has 150 valence electrons. The average Bonchev–Trinajstić information content (AvgIpc) is 3.08. The summed E-state index contributed by atoms with van der Waals surface area (Å²) in [5, 5.41) is 5.51. The highest BCUT2D eigenvalue weighted by molar-refractivity contribution is 6.49. The summed E-state index contributed by atoms with van der Waals surface area (Å²) in [5.74, 6) is 0.601. The van der Waals surface area contributed by atoms with E-state index in [0.29, 0.717) is 27.9 Å². The predicted octanol–water partition coefficient (Wildman–Crippen LogP) is 6.54. The molecule has 8 heteroatoms. The number of halogens is 4. The summed E-state index contributed by atoms with van der Waals surface area (Å²) in [6, 6.07) is 15.6. The maximum absolute atomic E-state index is 15.0. The Morgan fingerprint density at radius 2 is 1.67 bits per heavy atom. The van der Waals surface area contributed by atoms with Crippen LogP contribution in [0, 0.1) is 12.7 Å². The fourth-order valence-electron chi connectivity index (χ4n) is 3.83. The number of aromatic nitrogens is 2. The fourth-order valence-corrected chi connectivity index (χ4v) is 4.56. The second-order valence-electron chi connectivity index (χ2n) is 6.93. The van der Waals surface area contributed by atoms with Crippen LogP contribution in [0.2, 0.25) is 0 Å². The molecule has 3 aromatic rings. The van der Waals surface area contributed by atoms with Crippen molar-refractivity contribution in [1.29, 1.82) is 0 Å². The van der Waals surface area contributed by atoms with Crippen LogP contribution in [0.4, 0.5) is 10.2 Å². The van der Waals surface area contributed by atoms with Gasteiger partial charge in [-0.1, -0.05) is 71.2 Å². The zero-order chi connectivity index (χ0) is 21.0. The monoisotopic (exact) mass is 458 g/mol. The van der Waals surface area contributed by atoms with Crippen LogP contribution >= 0.6 is 34.8 Å². The zero-order valence-electron chi connectivity index (χ0n) is 15.7. The Hall–Kier alpha value is -2.60. The standard InChI is InChI=1S/C22H14Cl3FN4/c1-12-18-19(14-9-5-6-10-17(14)26)29-20(25)15(23)11-16(24)21(29)27-22(18)30(28-12)13-7-3-2-4-8-13/h2-11,19H,1H3. The van der Waals surface area contributed by atoms with Crippen LogP contribution in [0.25, 0.3) is 5.69 Å². The molecule has 4 nitrogen and oxygen atoms in total. The molecule has 1 unspecified atom stereocenters. The number of hydrogen-bond donors (Lipinski definition) is 0. The molecule has 30 heavy (non-hydrogen) atoms. The van der Waals surface area contributed by atoms with Crippen molar-refractivity contribution in [2.45, 2.75) is 13.0 Å². The van der Waals surface area contributed by atoms with E-state index in [1.54, 1.807) is 33.9 Å². The van der Waals surface area contributed by atoms with Gasteiger partial charge in [-0.3, -0.25) is 0 Å². The number of benzene rings is 2. The second-order valence-corrected chi connectivity index (χ2v) is 8.10. The number of nitrogens with zero attached hydrogens (tertiary/aromatic N) is 4. The van der Waals surface area contributed by atoms with Crippen LogP contribution in [0.1, 0.15) is 22.9 Å². The summed E-state index contributed by atoms with van der Waals surface area (Å²) in [5.41, 5.74) is 2.70. The molecule has 0 N–H and O–H groups in total. The Morgan fingerprint density at radius 1 is 0.967 bits per heavy atom. The number of rotatable bonds is 2. The highest BCUT2D eigenvalue weighted by atomic mass is 35.5. The van der Waals surface area contributed by atoms with E-state index in [2.05, 4.69) is 0 Å². The van der Waals surface area contributed by atoms with E-state index >= 15 is 0 Å². The molecule has 2 aliphatic heterocycles. The van der Waals surface area contributed by atoms with Gasteiger partial charge < -0.3 is 4.90 Å². The van der Waals surface area contributed by atoms with Gasteiger partial charge in [-0.15, -0.1) is 0 Å². The van der Waals surface area contributed by atoms with Gasteiger partial charge in [0.05, 0.1) is 27.5 Å². The van der Waals surface area contributed by atoms with Gasteiger partial charge in [0, 0.05) is 11.1 Å². The molecule has 0 radical (unpaired) electrons. The van der Waals surface area contributed by atoms with Crippen molar-refractivity contribution in [3.05, 3.63) is 98.5 Å². The van der Waals surface area contributed by atoms with Gasteiger partial charge >= 0.3 is 0 Å². The number of hydrogen-bond acceptors (Lipinski definition) is 3. The third-order valence-electron chi connectivity index (χ3n) is 5.13. The van der Waals surface area contributed by atoms with Crippen molar-refractivity contribution >= 4 is 46.5 Å². The summed E-state index contributed by atoms with van der Waals surface area (Å²) in [6.45, 7) is 1.87. The van der Waals surface area contributed by atoms with Crippen molar-refractivity contribution < 1.29 is 4.39 Å². The molecule has 0 fully saturated rings. The van der Waals surface area contributed by atoms with Crippen LogP contribution in [0.15, 0.2) is 80.9 Å². The smallest absolute Gasteiger partial charge is 0.164 e. The van der Waals surface area contributed by atoms with Gasteiger partial charge in [0.25, 0.3) is 0 Å². The van der Waals surface area contributed by atoms with Gasteiger partial charge in [-0.05, 0) is 31.2 Å². The minimum Gasteiger partial charge on any atom is -0.302 e. The first-order chi connectivity index (χ1) is 14.5. The quantitative estimate of drug-likeness (QED) is 0.408. The molecule has 0 aliphatic carbocycles. The van der Waals surface area contributed by atoms with Gasteiger partial charge in [0.2, 0.25) is 0 Å². The first kappa shape index (κ1) is 19.4. The van der Waals surface area contributed by atoms with Crippen LogP contribution in [0.3, 0.4) is 0 Å². The molecular formula is C22H14Cl3FN4. The van der Waals surface area contributed by atoms with Gasteiger partial charge in [-0.25, -0.2) is 14.1 Å². The maximum atomic E-state index is 15.0. The molecule has 2 aliphatic rings. The molecule has 0 spiro atoms. The SMILES string of the molecule is Cc1nn(-c2ccccc2)c2c1C(c1ccccc1F)N1C(=N2)C(Cl)=CC(Cl)=C1Cl. The minimum absolute atomic E-state index is 0.227. The molecule has 1 atom stereocenters. The zero-order valence-corrected chi connectivity index (χ0v) is 17.9. The summed E-state index contributed by atoms with van der Waals surface area (Å²) in [7, 11) is 0. The molecule has 5 rings (SSSR count). The average molecular weight is 460 g/mol. The molecule has 0 saturated heterocycles. The number of fused-ring (bicyclic) bond motifs is 2. The molecule has 0 bridgehead atoms. The lowest BCUT2D eigenvalue weighted by molar-refractivity contribution is 0.431. The van der Waals surface area contributed by atoms with E-state index in [1.807, 2.05) is 37.3 Å². The Balaban J connectivity index is 1.84. The predicted molar refractivity (Wildman–Crippen MR) is 118 cm³/mol. The first-order valence-corrected chi connectivity index (χ1v) is 10.3. The highest BCUT2D eigenvalue weighted by Crippen LogP contribution is 2.48. The third-order valence-corrected chi connectivity index (χ3v) is 6.18. The molecule has 0 amide bonds. The van der Waals surface area contributed by atoms with Crippen molar-refractivity contribution in [2.75, 3.05) is 0 Å². The van der Waals surface area contributed by atoms with Crippen molar-refractivity contribution in [3.63, 3.8) is 0 Å². The fraction of sp³-hybridized carbons (Fsp3) is 0.0909. The summed E-state index contributed by atoms with van der Waals surface area (Å²) in [6.07, 6.45) is 1.54. The van der Waals surface area contributed by atoms with E-state index < -0.39 is 6.04 Å². The van der Waals surface area contributed by atoms with E-state index in [9.17, 15) is 4.39 Å². The number of para-hydroxylation sites is 1. The minimum atomic E-state index is -0.630. The van der Waals surface area contributed by atoms with E-state index in [0.717, 1.165) is 11.3 Å². The lowest BCUT2D eigenvalue weighted by atomic mass is 9.94. The Morgan fingerprint density at radius 3 is 2.40 bits per heavy atom. The van der Waals surface area contributed by atoms with Crippen molar-refractivity contribution in [3.8, 4) is 5.69 Å². The Labute approximate surface area is 187 Å². The normalized spacial score (nSPS) is 18.0. The summed E-state index contributed by atoms with van der Waals surface area (Å²) in [4.78, 5) is 6.44. The largest absolute Gasteiger partial charge is 0.302 e. The molecule has 2 aromatic carbocycles. The van der Waals surface area contributed by atoms with Crippen molar-refractivity contribution in [2.24, 2.45) is 4.99 Å². The van der Waals surface area contributed by atoms with Crippen LogP contribution in [0.5, 0.6) is 0 Å². The summed E-state index contributed by atoms with van der Waals surface area (Å²) < 4.78 is 16.7. The third kappa shape index (κ3) is 2.88. The Kier molecular flexibility index (Phi) is 4.69. The van der Waals surface area contributed by atoms with Gasteiger partial charge in [-0.2, -0.15) is 5.10 Å². The van der Waals surface area contributed by atoms with Crippen molar-refractivity contribution in [1.82, 2.24) is 14.7 Å². The molecule has 0 saturated carbocycles. The van der Waals surface area contributed by atoms with E-state index in [1.165, 1.54) is 6.07 Å². The number of amidine groups is 1.